The fraction of sp³-hybridized carbons (Fsp3) is 0.450. The Balaban J connectivity index is 0.00000280. The maximum Gasteiger partial charge on any atom is 0.260 e. The van der Waals surface area contributed by atoms with Crippen molar-refractivity contribution in [1.82, 2.24) is 15.1 Å². The van der Waals surface area contributed by atoms with E-state index >= 15 is 0 Å². The lowest BCUT2D eigenvalue weighted by molar-refractivity contribution is -0.133. The van der Waals surface area contributed by atoms with E-state index in [9.17, 15) is 4.79 Å². The van der Waals surface area contributed by atoms with Crippen LogP contribution in [0.2, 0.25) is 0 Å². The highest BCUT2D eigenvalue weighted by atomic mass is 35.5. The minimum absolute atomic E-state index is 0. The molecule has 1 saturated heterocycles. The first-order valence-electron chi connectivity index (χ1n) is 9.34. The minimum Gasteiger partial charge on any atom is -0.484 e. The maximum atomic E-state index is 12.4. The standard InChI is InChI=1S/C20H26N4O3.ClH/c1-3-13-26-19-8-7-18(21-22-19)23-9-11-24(12-10-23)20(25)15-27-17-6-4-5-16(2)14-17;/h4-8,14H,3,9-13,15H2,1-2H3;1H. The number of halogens is 1. The van der Waals surface area contributed by atoms with Crippen molar-refractivity contribution < 1.29 is 14.3 Å². The molecule has 0 N–H and O–H groups in total. The fourth-order valence-electron chi connectivity index (χ4n) is 2.89. The van der Waals surface area contributed by atoms with Crippen LogP contribution in [0.1, 0.15) is 18.9 Å². The SMILES string of the molecule is CCCOc1ccc(N2CCN(C(=O)COc3cccc(C)c3)CC2)nn1.Cl. The summed E-state index contributed by atoms with van der Waals surface area (Å²) in [6.07, 6.45) is 0.938. The van der Waals surface area contributed by atoms with Crippen molar-refractivity contribution in [3.8, 4) is 11.6 Å². The van der Waals surface area contributed by atoms with Crippen molar-refractivity contribution in [2.75, 3.05) is 44.3 Å². The molecule has 0 aliphatic carbocycles. The molecule has 3 rings (SSSR count). The van der Waals surface area contributed by atoms with Gasteiger partial charge in [0.25, 0.3) is 5.91 Å². The fourth-order valence-corrected chi connectivity index (χ4v) is 2.89. The van der Waals surface area contributed by atoms with E-state index in [-0.39, 0.29) is 24.9 Å². The number of rotatable bonds is 7. The van der Waals surface area contributed by atoms with Crippen LogP contribution in [0.15, 0.2) is 36.4 Å². The summed E-state index contributed by atoms with van der Waals surface area (Å²) < 4.78 is 11.1. The molecule has 1 fully saturated rings. The van der Waals surface area contributed by atoms with Gasteiger partial charge >= 0.3 is 0 Å². The molecular weight excluding hydrogens is 380 g/mol. The summed E-state index contributed by atoms with van der Waals surface area (Å²) in [6, 6.07) is 11.5. The highest BCUT2D eigenvalue weighted by molar-refractivity contribution is 5.85. The zero-order chi connectivity index (χ0) is 19.1. The third-order valence-corrected chi connectivity index (χ3v) is 4.39. The Bertz CT molecular complexity index is 749. The number of aryl methyl sites for hydroxylation is 1. The Labute approximate surface area is 172 Å². The van der Waals surface area contributed by atoms with E-state index in [2.05, 4.69) is 22.0 Å². The Morgan fingerprint density at radius 2 is 1.86 bits per heavy atom. The van der Waals surface area contributed by atoms with Gasteiger partial charge in [-0.2, -0.15) is 0 Å². The van der Waals surface area contributed by atoms with Crippen LogP contribution in [0.25, 0.3) is 0 Å². The molecule has 8 heteroatoms. The number of benzene rings is 1. The van der Waals surface area contributed by atoms with Crippen LogP contribution in [-0.2, 0) is 4.79 Å². The van der Waals surface area contributed by atoms with E-state index in [0.717, 1.165) is 36.6 Å². The average molecular weight is 407 g/mol. The molecule has 0 saturated carbocycles. The first kappa shape index (κ1) is 21.8. The monoisotopic (exact) mass is 406 g/mol. The summed E-state index contributed by atoms with van der Waals surface area (Å²) in [5, 5.41) is 8.33. The molecule has 0 unspecified atom stereocenters. The number of hydrogen-bond donors (Lipinski definition) is 0. The van der Waals surface area contributed by atoms with Gasteiger partial charge in [0, 0.05) is 32.2 Å². The number of amides is 1. The predicted molar refractivity (Wildman–Crippen MR) is 111 cm³/mol. The molecule has 2 aromatic rings. The molecule has 152 valence electrons. The Morgan fingerprint density at radius 3 is 2.50 bits per heavy atom. The van der Waals surface area contributed by atoms with E-state index in [4.69, 9.17) is 9.47 Å². The van der Waals surface area contributed by atoms with Gasteiger partial charge in [-0.3, -0.25) is 4.79 Å². The molecule has 28 heavy (non-hydrogen) atoms. The van der Waals surface area contributed by atoms with Gasteiger partial charge in [-0.25, -0.2) is 0 Å². The maximum absolute atomic E-state index is 12.4. The second kappa shape index (κ2) is 10.7. The molecule has 1 amide bonds. The van der Waals surface area contributed by atoms with Gasteiger partial charge in [-0.15, -0.1) is 22.6 Å². The summed E-state index contributed by atoms with van der Waals surface area (Å²) in [7, 11) is 0. The Hall–Kier alpha value is -2.54. The van der Waals surface area contributed by atoms with Crippen LogP contribution >= 0.6 is 12.4 Å². The third kappa shape index (κ3) is 5.99. The van der Waals surface area contributed by atoms with Gasteiger partial charge in [0.05, 0.1) is 6.61 Å². The average Bonchev–Trinajstić information content (AvgIpc) is 2.71. The molecule has 0 bridgehead atoms. The summed E-state index contributed by atoms with van der Waals surface area (Å²) in [4.78, 5) is 16.3. The van der Waals surface area contributed by atoms with E-state index in [1.165, 1.54) is 0 Å². The topological polar surface area (TPSA) is 67.8 Å². The minimum atomic E-state index is 0. The van der Waals surface area contributed by atoms with E-state index in [1.807, 2.05) is 48.2 Å². The van der Waals surface area contributed by atoms with Gasteiger partial charge in [0.2, 0.25) is 5.88 Å². The van der Waals surface area contributed by atoms with Crippen LogP contribution in [-0.4, -0.2) is 60.4 Å². The van der Waals surface area contributed by atoms with E-state index < -0.39 is 0 Å². The second-order valence-electron chi connectivity index (χ2n) is 6.55. The molecule has 0 radical (unpaired) electrons. The van der Waals surface area contributed by atoms with Crippen LogP contribution in [0, 0.1) is 6.92 Å². The molecule has 1 aliphatic rings. The van der Waals surface area contributed by atoms with Crippen molar-refractivity contribution in [2.45, 2.75) is 20.3 Å². The predicted octanol–water partition coefficient (Wildman–Crippen LogP) is 2.72. The van der Waals surface area contributed by atoms with Crippen molar-refractivity contribution in [3.63, 3.8) is 0 Å². The molecule has 1 aromatic heterocycles. The highest BCUT2D eigenvalue weighted by Gasteiger charge is 2.22. The van der Waals surface area contributed by atoms with Crippen LogP contribution in [0.3, 0.4) is 0 Å². The van der Waals surface area contributed by atoms with Crippen LogP contribution in [0.5, 0.6) is 11.6 Å². The number of carbonyl (C=O) groups is 1. The molecule has 7 nitrogen and oxygen atoms in total. The molecule has 2 heterocycles. The largest absolute Gasteiger partial charge is 0.484 e. The zero-order valence-electron chi connectivity index (χ0n) is 16.3. The summed E-state index contributed by atoms with van der Waals surface area (Å²) >= 11 is 0. The lowest BCUT2D eigenvalue weighted by Gasteiger charge is -2.35. The summed E-state index contributed by atoms with van der Waals surface area (Å²) in [5.41, 5.74) is 1.11. The van der Waals surface area contributed by atoms with Gasteiger partial charge in [0.15, 0.2) is 12.4 Å². The van der Waals surface area contributed by atoms with Crippen molar-refractivity contribution in [2.24, 2.45) is 0 Å². The molecule has 0 atom stereocenters. The summed E-state index contributed by atoms with van der Waals surface area (Å²) in [5.74, 6) is 2.08. The lowest BCUT2D eigenvalue weighted by Crippen LogP contribution is -2.50. The quantitative estimate of drug-likeness (QED) is 0.704. The summed E-state index contributed by atoms with van der Waals surface area (Å²) in [6.45, 7) is 7.48. The molecule has 1 aromatic carbocycles. The number of aromatic nitrogens is 2. The molecule has 0 spiro atoms. The number of piperazine rings is 1. The van der Waals surface area contributed by atoms with Crippen molar-refractivity contribution in [1.29, 1.82) is 0 Å². The Kier molecular flexibility index (Phi) is 8.32. The van der Waals surface area contributed by atoms with Crippen molar-refractivity contribution >= 4 is 24.1 Å². The number of nitrogens with zero attached hydrogens (tertiary/aromatic N) is 4. The number of ether oxygens (including phenoxy) is 2. The van der Waals surface area contributed by atoms with Gasteiger partial charge in [0.1, 0.15) is 5.75 Å². The normalized spacial score (nSPS) is 13.6. The third-order valence-electron chi connectivity index (χ3n) is 4.39. The first-order valence-corrected chi connectivity index (χ1v) is 9.34. The van der Waals surface area contributed by atoms with Crippen LogP contribution < -0.4 is 14.4 Å². The number of carbonyl (C=O) groups excluding carboxylic acids is 1. The van der Waals surface area contributed by atoms with Gasteiger partial charge in [-0.05, 0) is 37.1 Å². The molecular formula is C20H27ClN4O3. The van der Waals surface area contributed by atoms with Crippen molar-refractivity contribution in [3.05, 3.63) is 42.0 Å². The first-order chi connectivity index (χ1) is 13.2. The zero-order valence-corrected chi connectivity index (χ0v) is 17.2. The molecule has 1 aliphatic heterocycles. The van der Waals surface area contributed by atoms with Crippen LogP contribution in [0.4, 0.5) is 5.82 Å². The number of hydrogen-bond acceptors (Lipinski definition) is 6. The lowest BCUT2D eigenvalue weighted by atomic mass is 10.2. The number of anilines is 1. The highest BCUT2D eigenvalue weighted by Crippen LogP contribution is 2.16. The smallest absolute Gasteiger partial charge is 0.260 e. The van der Waals surface area contributed by atoms with Gasteiger partial charge in [-0.1, -0.05) is 19.1 Å². The van der Waals surface area contributed by atoms with E-state index in [0.29, 0.717) is 25.6 Å². The Morgan fingerprint density at radius 1 is 1.07 bits per heavy atom. The second-order valence-corrected chi connectivity index (χ2v) is 6.55. The van der Waals surface area contributed by atoms with Gasteiger partial charge < -0.3 is 19.3 Å². The van der Waals surface area contributed by atoms with E-state index in [1.54, 1.807) is 0 Å².